The molecule has 0 saturated carbocycles. The summed E-state index contributed by atoms with van der Waals surface area (Å²) in [4.78, 5) is 15.0. The molecular weight excluding hydrogens is 301 g/mol. The summed E-state index contributed by atoms with van der Waals surface area (Å²) in [6.45, 7) is 2.46. The molecule has 21 heavy (non-hydrogen) atoms. The lowest BCUT2D eigenvalue weighted by Crippen LogP contribution is -2.52. The molecule has 1 saturated heterocycles. The number of benzene rings is 1. The second-order valence-corrected chi connectivity index (χ2v) is 6.49. The van der Waals surface area contributed by atoms with Crippen LogP contribution in [0.2, 0.25) is 0 Å². The van der Waals surface area contributed by atoms with Gasteiger partial charge in [0.15, 0.2) is 0 Å². The van der Waals surface area contributed by atoms with Crippen LogP contribution in [-0.2, 0) is 10.0 Å². The average molecular weight is 317 g/mol. The zero-order valence-electron chi connectivity index (χ0n) is 11.4. The molecule has 1 heterocycles. The molecule has 0 unspecified atom stereocenters. The molecule has 0 spiro atoms. The van der Waals surface area contributed by atoms with E-state index in [0.717, 1.165) is 18.2 Å². The van der Waals surface area contributed by atoms with Crippen molar-refractivity contribution < 1.29 is 22.7 Å². The second-order valence-electron chi connectivity index (χ2n) is 4.83. The molecule has 2 rings (SSSR count). The first-order valence-electron chi connectivity index (χ1n) is 6.28. The Balaban J connectivity index is 2.20. The third kappa shape index (κ3) is 3.76. The van der Waals surface area contributed by atoms with Crippen molar-refractivity contribution in [3.8, 4) is 0 Å². The minimum Gasteiger partial charge on any atom is -0.478 e. The van der Waals surface area contributed by atoms with E-state index in [4.69, 9.17) is 5.11 Å². The number of hydrogen-bond acceptors (Lipinski definition) is 5. The highest BCUT2D eigenvalue weighted by Crippen LogP contribution is 2.15. The molecule has 2 N–H and O–H groups in total. The van der Waals surface area contributed by atoms with E-state index in [9.17, 15) is 17.6 Å². The van der Waals surface area contributed by atoms with Crippen LogP contribution in [0, 0.1) is 5.82 Å². The van der Waals surface area contributed by atoms with Crippen molar-refractivity contribution in [3.05, 3.63) is 29.6 Å². The second kappa shape index (κ2) is 6.06. The number of halogens is 1. The Morgan fingerprint density at radius 3 is 2.48 bits per heavy atom. The quantitative estimate of drug-likeness (QED) is 0.810. The average Bonchev–Trinajstić information content (AvgIpc) is 2.41. The summed E-state index contributed by atoms with van der Waals surface area (Å²) in [6, 6.07) is 2.69. The molecule has 0 atom stereocenters. The largest absolute Gasteiger partial charge is 0.478 e. The third-order valence-electron chi connectivity index (χ3n) is 3.23. The summed E-state index contributed by atoms with van der Waals surface area (Å²) in [5, 5.41) is 10.4. The molecule has 0 aliphatic carbocycles. The standard InChI is InChI=1S/C12H16FN3O4S/c1-15-4-6-16(7-5-15)14-21(19,20)9-2-3-11(13)10(8-9)12(17)18/h2-3,8,14H,4-7H2,1H3,(H,17,18). The number of carbonyl (C=O) groups is 1. The number of nitrogens with one attached hydrogen (secondary N) is 1. The Morgan fingerprint density at radius 2 is 1.90 bits per heavy atom. The van der Waals surface area contributed by atoms with E-state index >= 15 is 0 Å². The van der Waals surface area contributed by atoms with Gasteiger partial charge in [0, 0.05) is 26.2 Å². The number of piperazine rings is 1. The van der Waals surface area contributed by atoms with Crippen molar-refractivity contribution in [2.45, 2.75) is 4.90 Å². The van der Waals surface area contributed by atoms with Crippen molar-refractivity contribution in [1.29, 1.82) is 0 Å². The van der Waals surface area contributed by atoms with Crippen LogP contribution >= 0.6 is 0 Å². The molecule has 0 aromatic heterocycles. The van der Waals surface area contributed by atoms with Crippen molar-refractivity contribution in [1.82, 2.24) is 14.7 Å². The Labute approximate surface area is 122 Å². The Kier molecular flexibility index (Phi) is 4.57. The van der Waals surface area contributed by atoms with Crippen LogP contribution < -0.4 is 4.83 Å². The van der Waals surface area contributed by atoms with Crippen molar-refractivity contribution in [2.24, 2.45) is 0 Å². The fourth-order valence-corrected chi connectivity index (χ4v) is 3.10. The highest BCUT2D eigenvalue weighted by molar-refractivity contribution is 7.89. The molecular formula is C12H16FN3O4S. The van der Waals surface area contributed by atoms with E-state index in [1.165, 1.54) is 0 Å². The molecule has 1 aromatic rings. The van der Waals surface area contributed by atoms with Gasteiger partial charge in [-0.1, -0.05) is 0 Å². The van der Waals surface area contributed by atoms with Crippen molar-refractivity contribution in [2.75, 3.05) is 33.2 Å². The lowest BCUT2D eigenvalue weighted by Gasteiger charge is -2.32. The van der Waals surface area contributed by atoms with Crippen LogP contribution in [0.4, 0.5) is 4.39 Å². The first-order valence-corrected chi connectivity index (χ1v) is 7.77. The minimum absolute atomic E-state index is 0.278. The van der Waals surface area contributed by atoms with Gasteiger partial charge in [-0.25, -0.2) is 22.6 Å². The highest BCUT2D eigenvalue weighted by Gasteiger charge is 2.23. The Hall–Kier alpha value is -1.55. The smallest absolute Gasteiger partial charge is 0.338 e. The summed E-state index contributed by atoms with van der Waals surface area (Å²) < 4.78 is 37.7. The number of likely N-dealkylation sites (N-methyl/N-ethyl adjacent to an activating group) is 1. The molecule has 9 heteroatoms. The maximum atomic E-state index is 13.3. The van der Waals surface area contributed by atoms with Crippen LogP contribution in [0.5, 0.6) is 0 Å². The zero-order valence-corrected chi connectivity index (χ0v) is 12.2. The molecule has 116 valence electrons. The predicted molar refractivity (Wildman–Crippen MR) is 72.8 cm³/mol. The van der Waals surface area contributed by atoms with E-state index in [2.05, 4.69) is 9.73 Å². The lowest BCUT2D eigenvalue weighted by atomic mass is 10.2. The molecule has 0 bridgehead atoms. The predicted octanol–water partition coefficient (Wildman–Crippen LogP) is -0.0354. The normalized spacial score (nSPS) is 17.8. The van der Waals surface area contributed by atoms with Gasteiger partial charge in [-0.05, 0) is 25.2 Å². The number of rotatable bonds is 4. The van der Waals surface area contributed by atoms with E-state index in [0.29, 0.717) is 26.2 Å². The van der Waals surface area contributed by atoms with E-state index < -0.39 is 27.4 Å². The summed E-state index contributed by atoms with van der Waals surface area (Å²) in [5.74, 6) is -2.48. The number of sulfonamides is 1. The van der Waals surface area contributed by atoms with E-state index in [-0.39, 0.29) is 4.90 Å². The Morgan fingerprint density at radius 1 is 1.29 bits per heavy atom. The van der Waals surface area contributed by atoms with Crippen molar-refractivity contribution >= 4 is 16.0 Å². The topological polar surface area (TPSA) is 90.0 Å². The first-order chi connectivity index (χ1) is 9.79. The Bertz CT molecular complexity index is 642. The van der Waals surface area contributed by atoms with Crippen LogP contribution in [-0.4, -0.2) is 62.6 Å². The number of nitrogens with zero attached hydrogens (tertiary/aromatic N) is 2. The monoisotopic (exact) mass is 317 g/mol. The molecule has 1 aliphatic rings. The lowest BCUT2D eigenvalue weighted by molar-refractivity contribution is 0.0691. The van der Waals surface area contributed by atoms with E-state index in [1.54, 1.807) is 5.01 Å². The van der Waals surface area contributed by atoms with Gasteiger partial charge in [-0.2, -0.15) is 0 Å². The van der Waals surface area contributed by atoms with Gasteiger partial charge in [0.05, 0.1) is 10.5 Å². The highest BCUT2D eigenvalue weighted by atomic mass is 32.2. The van der Waals surface area contributed by atoms with Gasteiger partial charge in [-0.3, -0.25) is 0 Å². The molecule has 0 amide bonds. The maximum Gasteiger partial charge on any atom is 0.338 e. The van der Waals surface area contributed by atoms with Gasteiger partial charge in [0.25, 0.3) is 10.0 Å². The molecule has 0 radical (unpaired) electrons. The number of hydrazine groups is 1. The third-order valence-corrected chi connectivity index (χ3v) is 4.60. The summed E-state index contributed by atoms with van der Waals surface area (Å²) in [6.07, 6.45) is 0. The van der Waals surface area contributed by atoms with Gasteiger partial charge < -0.3 is 10.0 Å². The summed E-state index contributed by atoms with van der Waals surface area (Å²) >= 11 is 0. The number of carboxylic acids is 1. The van der Waals surface area contributed by atoms with Gasteiger partial charge >= 0.3 is 5.97 Å². The van der Waals surface area contributed by atoms with Gasteiger partial charge in [0.2, 0.25) is 0 Å². The van der Waals surface area contributed by atoms with Crippen LogP contribution in [0.15, 0.2) is 23.1 Å². The number of carboxylic acid groups (broad SMARTS) is 1. The maximum absolute atomic E-state index is 13.3. The molecule has 1 fully saturated rings. The number of hydrogen-bond donors (Lipinski definition) is 2. The van der Waals surface area contributed by atoms with Crippen LogP contribution in [0.3, 0.4) is 0 Å². The first kappa shape index (κ1) is 15.8. The molecule has 1 aliphatic heterocycles. The van der Waals surface area contributed by atoms with Crippen LogP contribution in [0.1, 0.15) is 10.4 Å². The SMILES string of the molecule is CN1CCN(NS(=O)(=O)c2ccc(F)c(C(=O)O)c2)CC1. The van der Waals surface area contributed by atoms with Gasteiger partial charge in [0.1, 0.15) is 5.82 Å². The van der Waals surface area contributed by atoms with E-state index in [1.807, 2.05) is 7.05 Å². The minimum atomic E-state index is -3.92. The van der Waals surface area contributed by atoms with Gasteiger partial charge in [-0.15, -0.1) is 4.83 Å². The molecule has 7 nitrogen and oxygen atoms in total. The fraction of sp³-hybridized carbons (Fsp3) is 0.417. The van der Waals surface area contributed by atoms with Crippen LogP contribution in [0.25, 0.3) is 0 Å². The zero-order chi connectivity index (χ0) is 15.6. The number of aromatic carboxylic acids is 1. The molecule has 1 aromatic carbocycles. The summed E-state index contributed by atoms with van der Waals surface area (Å²) in [7, 11) is -1.99. The fourth-order valence-electron chi connectivity index (χ4n) is 1.96. The van der Waals surface area contributed by atoms with Crippen molar-refractivity contribution in [3.63, 3.8) is 0 Å². The summed E-state index contributed by atoms with van der Waals surface area (Å²) in [5.41, 5.74) is -0.670.